The minimum Gasteiger partial charge on any atom is -0.468 e. The van der Waals surface area contributed by atoms with E-state index in [0.717, 1.165) is 25.1 Å². The fraction of sp³-hybridized carbons (Fsp3) is 0.714. The van der Waals surface area contributed by atoms with E-state index in [9.17, 15) is 0 Å². The van der Waals surface area contributed by atoms with Crippen molar-refractivity contribution in [3.05, 3.63) is 24.2 Å². The zero-order valence-corrected chi connectivity index (χ0v) is 11.8. The average molecular weight is 254 g/mol. The van der Waals surface area contributed by atoms with Crippen LogP contribution >= 0.6 is 0 Å². The molecular weight excluding hydrogens is 228 g/mol. The molecule has 0 aliphatic carbocycles. The SMILES string of the molecule is CCC(CC)N(CCOC)C(CN)c1ccco1. The number of hydrogen-bond acceptors (Lipinski definition) is 4. The van der Waals surface area contributed by atoms with E-state index in [2.05, 4.69) is 18.7 Å². The Morgan fingerprint density at radius 1 is 1.39 bits per heavy atom. The van der Waals surface area contributed by atoms with Gasteiger partial charge in [-0.3, -0.25) is 4.90 Å². The van der Waals surface area contributed by atoms with Crippen LogP contribution in [0.15, 0.2) is 22.8 Å². The summed E-state index contributed by atoms with van der Waals surface area (Å²) in [5.41, 5.74) is 5.94. The predicted octanol–water partition coefficient (Wildman–Crippen LogP) is 2.42. The summed E-state index contributed by atoms with van der Waals surface area (Å²) in [6.45, 7) is 6.58. The summed E-state index contributed by atoms with van der Waals surface area (Å²) in [5.74, 6) is 0.945. The van der Waals surface area contributed by atoms with Crippen LogP contribution in [-0.2, 0) is 4.74 Å². The third-order valence-electron chi connectivity index (χ3n) is 3.46. The Morgan fingerprint density at radius 3 is 2.56 bits per heavy atom. The Morgan fingerprint density at radius 2 is 2.11 bits per heavy atom. The zero-order chi connectivity index (χ0) is 13.4. The second kappa shape index (κ2) is 8.29. The molecule has 1 aromatic heterocycles. The van der Waals surface area contributed by atoms with Crippen molar-refractivity contribution in [2.45, 2.75) is 38.8 Å². The van der Waals surface area contributed by atoms with E-state index in [-0.39, 0.29) is 6.04 Å². The van der Waals surface area contributed by atoms with Gasteiger partial charge in [-0.2, -0.15) is 0 Å². The van der Waals surface area contributed by atoms with E-state index in [1.54, 1.807) is 13.4 Å². The Bertz CT molecular complexity index is 297. The van der Waals surface area contributed by atoms with Crippen LogP contribution in [0.3, 0.4) is 0 Å². The van der Waals surface area contributed by atoms with Gasteiger partial charge in [-0.1, -0.05) is 13.8 Å². The molecule has 0 aliphatic rings. The van der Waals surface area contributed by atoms with E-state index >= 15 is 0 Å². The topological polar surface area (TPSA) is 51.6 Å². The van der Waals surface area contributed by atoms with Crippen molar-refractivity contribution in [3.63, 3.8) is 0 Å². The molecule has 0 saturated carbocycles. The van der Waals surface area contributed by atoms with E-state index in [0.29, 0.717) is 19.2 Å². The summed E-state index contributed by atoms with van der Waals surface area (Å²) in [7, 11) is 1.73. The Kier molecular flexibility index (Phi) is 7.01. The molecule has 0 radical (unpaired) electrons. The highest BCUT2D eigenvalue weighted by Crippen LogP contribution is 2.24. The Labute approximate surface area is 110 Å². The number of furan rings is 1. The van der Waals surface area contributed by atoms with E-state index in [4.69, 9.17) is 14.9 Å². The summed E-state index contributed by atoms with van der Waals surface area (Å²) < 4.78 is 10.7. The van der Waals surface area contributed by atoms with Gasteiger partial charge in [-0.15, -0.1) is 0 Å². The number of ether oxygens (including phenoxy) is 1. The molecule has 0 saturated heterocycles. The van der Waals surface area contributed by atoms with Crippen molar-refractivity contribution in [1.29, 1.82) is 0 Å². The van der Waals surface area contributed by atoms with Crippen LogP contribution in [0.25, 0.3) is 0 Å². The number of nitrogens with two attached hydrogens (primary N) is 1. The zero-order valence-electron chi connectivity index (χ0n) is 11.8. The van der Waals surface area contributed by atoms with Crippen molar-refractivity contribution in [1.82, 2.24) is 4.90 Å². The van der Waals surface area contributed by atoms with Crippen molar-refractivity contribution in [3.8, 4) is 0 Å². The monoisotopic (exact) mass is 254 g/mol. The van der Waals surface area contributed by atoms with E-state index in [1.165, 1.54) is 0 Å². The molecule has 0 aromatic carbocycles. The van der Waals surface area contributed by atoms with Crippen LogP contribution in [-0.4, -0.2) is 37.7 Å². The second-order valence-electron chi connectivity index (χ2n) is 4.47. The first-order valence-corrected chi connectivity index (χ1v) is 6.76. The van der Waals surface area contributed by atoms with E-state index < -0.39 is 0 Å². The molecule has 18 heavy (non-hydrogen) atoms. The maximum Gasteiger partial charge on any atom is 0.122 e. The van der Waals surface area contributed by atoms with Crippen molar-refractivity contribution >= 4 is 0 Å². The molecule has 1 atom stereocenters. The molecule has 0 spiro atoms. The number of rotatable bonds is 9. The molecule has 104 valence electrons. The maximum atomic E-state index is 5.94. The van der Waals surface area contributed by atoms with Gasteiger partial charge in [0.2, 0.25) is 0 Å². The van der Waals surface area contributed by atoms with Crippen LogP contribution < -0.4 is 5.73 Å². The van der Waals surface area contributed by atoms with Gasteiger partial charge < -0.3 is 14.9 Å². The number of methoxy groups -OCH3 is 1. The first-order chi connectivity index (χ1) is 8.78. The second-order valence-corrected chi connectivity index (χ2v) is 4.47. The summed E-state index contributed by atoms with van der Waals surface area (Å²) in [6, 6.07) is 4.57. The molecule has 1 heterocycles. The van der Waals surface area contributed by atoms with Gasteiger partial charge in [0.15, 0.2) is 0 Å². The molecule has 0 fully saturated rings. The van der Waals surface area contributed by atoms with Crippen LogP contribution in [0.2, 0.25) is 0 Å². The first kappa shape index (κ1) is 15.2. The van der Waals surface area contributed by atoms with Gasteiger partial charge in [0.25, 0.3) is 0 Å². The standard InChI is InChI=1S/C14H26N2O2/c1-4-12(5-2)16(8-10-17-3)13(11-15)14-7-6-9-18-14/h6-7,9,12-13H,4-5,8,10-11,15H2,1-3H3. The smallest absolute Gasteiger partial charge is 0.122 e. The highest BCUT2D eigenvalue weighted by atomic mass is 16.5. The molecule has 4 nitrogen and oxygen atoms in total. The van der Waals surface area contributed by atoms with E-state index in [1.807, 2.05) is 12.1 Å². The molecular formula is C14H26N2O2. The quantitative estimate of drug-likeness (QED) is 0.735. The molecule has 4 heteroatoms. The predicted molar refractivity (Wildman–Crippen MR) is 73.5 cm³/mol. The maximum absolute atomic E-state index is 5.94. The summed E-state index contributed by atoms with van der Waals surface area (Å²) >= 11 is 0. The van der Waals surface area contributed by atoms with Gasteiger partial charge in [-0.25, -0.2) is 0 Å². The molecule has 1 unspecified atom stereocenters. The van der Waals surface area contributed by atoms with Crippen LogP contribution in [0.1, 0.15) is 38.5 Å². The lowest BCUT2D eigenvalue weighted by Crippen LogP contribution is -2.42. The van der Waals surface area contributed by atoms with Crippen molar-refractivity contribution < 1.29 is 9.15 Å². The minimum absolute atomic E-state index is 0.139. The van der Waals surface area contributed by atoms with Gasteiger partial charge in [0, 0.05) is 26.2 Å². The van der Waals surface area contributed by atoms with Crippen molar-refractivity contribution in [2.24, 2.45) is 5.73 Å². The molecule has 0 bridgehead atoms. The third-order valence-corrected chi connectivity index (χ3v) is 3.46. The van der Waals surface area contributed by atoms with Gasteiger partial charge in [-0.05, 0) is 25.0 Å². The normalized spacial score (nSPS) is 13.4. The van der Waals surface area contributed by atoms with Crippen LogP contribution in [0.4, 0.5) is 0 Å². The lowest BCUT2D eigenvalue weighted by Gasteiger charge is -2.35. The third kappa shape index (κ3) is 3.83. The Hall–Kier alpha value is -0.840. The molecule has 0 amide bonds. The molecule has 2 N–H and O–H groups in total. The Balaban J connectivity index is 2.84. The molecule has 0 aliphatic heterocycles. The number of nitrogens with zero attached hydrogens (tertiary/aromatic N) is 1. The highest BCUT2D eigenvalue weighted by Gasteiger charge is 2.26. The average Bonchev–Trinajstić information content (AvgIpc) is 2.91. The fourth-order valence-corrected chi connectivity index (χ4v) is 2.44. The van der Waals surface area contributed by atoms with Gasteiger partial charge in [0.1, 0.15) is 5.76 Å². The minimum atomic E-state index is 0.139. The van der Waals surface area contributed by atoms with Crippen LogP contribution in [0, 0.1) is 0 Å². The van der Waals surface area contributed by atoms with Crippen LogP contribution in [0.5, 0.6) is 0 Å². The molecule has 1 rings (SSSR count). The largest absolute Gasteiger partial charge is 0.468 e. The first-order valence-electron chi connectivity index (χ1n) is 6.76. The summed E-state index contributed by atoms with van der Waals surface area (Å²) in [4.78, 5) is 2.41. The fourth-order valence-electron chi connectivity index (χ4n) is 2.44. The number of hydrogen-bond donors (Lipinski definition) is 1. The summed E-state index contributed by atoms with van der Waals surface area (Å²) in [6.07, 6.45) is 3.92. The molecule has 1 aromatic rings. The summed E-state index contributed by atoms with van der Waals surface area (Å²) in [5, 5.41) is 0. The van der Waals surface area contributed by atoms with Gasteiger partial charge in [0.05, 0.1) is 18.9 Å². The lowest BCUT2D eigenvalue weighted by atomic mass is 10.1. The van der Waals surface area contributed by atoms with Crippen molar-refractivity contribution in [2.75, 3.05) is 26.8 Å². The highest BCUT2D eigenvalue weighted by molar-refractivity contribution is 5.06. The van der Waals surface area contributed by atoms with Gasteiger partial charge >= 0.3 is 0 Å². The lowest BCUT2D eigenvalue weighted by molar-refractivity contribution is 0.0731.